The number of nitrogens with zero attached hydrogens (tertiary/aromatic N) is 2. The molecular formula is C44H41N3O4S. The van der Waals surface area contributed by atoms with Gasteiger partial charge in [0.25, 0.3) is 11.8 Å². The molecule has 52 heavy (non-hydrogen) atoms. The lowest BCUT2D eigenvalue weighted by molar-refractivity contribution is -0.126. The summed E-state index contributed by atoms with van der Waals surface area (Å²) in [5.41, 5.74) is 5.95. The maximum atomic E-state index is 14.2. The smallest absolute Gasteiger partial charge is 0.285 e. The third kappa shape index (κ3) is 9.62. The lowest BCUT2D eigenvalue weighted by Gasteiger charge is -2.28. The fourth-order valence-corrected chi connectivity index (χ4v) is 6.36. The van der Waals surface area contributed by atoms with Crippen LogP contribution in [0, 0.1) is 6.92 Å². The molecule has 0 aromatic heterocycles. The summed E-state index contributed by atoms with van der Waals surface area (Å²) in [5, 5.41) is 3.22. The normalized spacial score (nSPS) is 14.1. The SMILES string of the molecule is C=C/C=C\C(=C/C)N1C(=O)/C(=C/c2ccc(OCc3ccc(C)cc3)c(CC=C)c2)C(=O)N=C1SCC(=O)NC(c1ccccc1)c1ccccc1. The summed E-state index contributed by atoms with van der Waals surface area (Å²) in [6, 6.07) is 32.7. The van der Waals surface area contributed by atoms with Crippen molar-refractivity contribution in [2.45, 2.75) is 32.9 Å². The lowest BCUT2D eigenvalue weighted by atomic mass is 9.99. The second-order valence-corrected chi connectivity index (χ2v) is 12.9. The number of aryl methyl sites for hydroxylation is 1. The van der Waals surface area contributed by atoms with E-state index >= 15 is 0 Å². The zero-order valence-electron chi connectivity index (χ0n) is 29.3. The zero-order valence-corrected chi connectivity index (χ0v) is 30.1. The minimum atomic E-state index is -0.691. The van der Waals surface area contributed by atoms with Crippen molar-refractivity contribution in [3.05, 3.63) is 191 Å². The van der Waals surface area contributed by atoms with Gasteiger partial charge in [-0.15, -0.1) is 6.58 Å². The molecule has 3 amide bonds. The van der Waals surface area contributed by atoms with Crippen molar-refractivity contribution in [2.75, 3.05) is 5.75 Å². The second kappa shape index (κ2) is 18.3. The zero-order chi connectivity index (χ0) is 36.9. The number of aliphatic imine (C=N–C) groups is 1. The molecule has 1 heterocycles. The van der Waals surface area contributed by atoms with Crippen molar-refractivity contribution in [3.8, 4) is 5.75 Å². The van der Waals surface area contributed by atoms with E-state index in [-0.39, 0.29) is 28.4 Å². The van der Waals surface area contributed by atoms with Crippen LogP contribution in [0.1, 0.15) is 46.3 Å². The molecule has 0 radical (unpaired) electrons. The minimum Gasteiger partial charge on any atom is -0.489 e. The van der Waals surface area contributed by atoms with E-state index in [2.05, 4.69) is 23.5 Å². The average molecular weight is 708 g/mol. The Morgan fingerprint density at radius 3 is 2.23 bits per heavy atom. The molecule has 8 heteroatoms. The van der Waals surface area contributed by atoms with Gasteiger partial charge in [-0.25, -0.2) is 0 Å². The Morgan fingerprint density at radius 2 is 1.62 bits per heavy atom. The molecule has 4 aromatic rings. The number of amides is 3. The van der Waals surface area contributed by atoms with Gasteiger partial charge in [-0.1, -0.05) is 139 Å². The molecule has 0 atom stereocenters. The van der Waals surface area contributed by atoms with Crippen LogP contribution >= 0.6 is 11.8 Å². The van der Waals surface area contributed by atoms with Gasteiger partial charge < -0.3 is 10.1 Å². The minimum absolute atomic E-state index is 0.0811. The number of amidine groups is 1. The highest BCUT2D eigenvalue weighted by Gasteiger charge is 2.35. The summed E-state index contributed by atoms with van der Waals surface area (Å²) in [6.45, 7) is 11.9. The molecule has 7 nitrogen and oxygen atoms in total. The predicted octanol–water partition coefficient (Wildman–Crippen LogP) is 8.70. The Morgan fingerprint density at radius 1 is 0.942 bits per heavy atom. The molecule has 1 aliphatic heterocycles. The molecule has 0 saturated carbocycles. The van der Waals surface area contributed by atoms with E-state index in [0.29, 0.717) is 30.0 Å². The van der Waals surface area contributed by atoms with Crippen LogP contribution in [0.4, 0.5) is 0 Å². The first kappa shape index (κ1) is 37.3. The quantitative estimate of drug-likeness (QED) is 0.0614. The van der Waals surface area contributed by atoms with Gasteiger partial charge in [-0.3, -0.25) is 19.3 Å². The number of carbonyl (C=O) groups is 3. The molecule has 5 rings (SSSR count). The van der Waals surface area contributed by atoms with E-state index in [9.17, 15) is 14.4 Å². The van der Waals surface area contributed by atoms with Crippen LogP contribution in [0.3, 0.4) is 0 Å². The van der Waals surface area contributed by atoms with Crippen LogP contribution in [0.15, 0.2) is 163 Å². The number of allylic oxidation sites excluding steroid dienone is 5. The van der Waals surface area contributed by atoms with Crippen molar-refractivity contribution < 1.29 is 19.1 Å². The van der Waals surface area contributed by atoms with Crippen molar-refractivity contribution in [1.82, 2.24) is 10.2 Å². The molecular weight excluding hydrogens is 667 g/mol. The Labute approximate surface area is 309 Å². The molecule has 0 spiro atoms. The molecule has 0 saturated heterocycles. The summed E-state index contributed by atoms with van der Waals surface area (Å²) in [6.07, 6.45) is 10.6. The molecule has 1 aliphatic rings. The number of hydrogen-bond acceptors (Lipinski definition) is 5. The number of benzene rings is 4. The number of carbonyl (C=O) groups excluding carboxylic acids is 3. The van der Waals surface area contributed by atoms with Gasteiger partial charge >= 0.3 is 0 Å². The van der Waals surface area contributed by atoms with Gasteiger partial charge in [-0.2, -0.15) is 4.99 Å². The molecule has 262 valence electrons. The van der Waals surface area contributed by atoms with Crippen LogP contribution in [0.5, 0.6) is 5.75 Å². The van der Waals surface area contributed by atoms with E-state index in [1.54, 1.807) is 49.4 Å². The maximum Gasteiger partial charge on any atom is 0.285 e. The lowest BCUT2D eigenvalue weighted by Crippen LogP contribution is -2.42. The summed E-state index contributed by atoms with van der Waals surface area (Å²) in [5.74, 6) is -0.921. The average Bonchev–Trinajstić information content (AvgIpc) is 3.16. The van der Waals surface area contributed by atoms with E-state index in [1.807, 2.05) is 104 Å². The first-order chi connectivity index (χ1) is 25.3. The summed E-state index contributed by atoms with van der Waals surface area (Å²) in [7, 11) is 0. The van der Waals surface area contributed by atoms with Gasteiger partial charge in [0.1, 0.15) is 17.9 Å². The van der Waals surface area contributed by atoms with E-state index in [1.165, 1.54) is 10.5 Å². The number of nitrogens with one attached hydrogen (secondary N) is 1. The Bertz CT molecular complexity index is 2010. The third-order valence-corrected chi connectivity index (χ3v) is 9.13. The van der Waals surface area contributed by atoms with Crippen LogP contribution in [-0.4, -0.2) is 33.5 Å². The first-order valence-electron chi connectivity index (χ1n) is 16.9. The van der Waals surface area contributed by atoms with Crippen LogP contribution < -0.4 is 10.1 Å². The van der Waals surface area contributed by atoms with Gasteiger partial charge in [0.2, 0.25) is 5.91 Å². The molecule has 0 unspecified atom stereocenters. The molecule has 0 bridgehead atoms. The number of rotatable bonds is 14. The van der Waals surface area contributed by atoms with E-state index in [4.69, 9.17) is 4.74 Å². The summed E-state index contributed by atoms with van der Waals surface area (Å²) in [4.78, 5) is 46.8. The fraction of sp³-hybridized carbons (Fsp3) is 0.136. The third-order valence-electron chi connectivity index (χ3n) is 8.19. The van der Waals surface area contributed by atoms with Crippen LogP contribution in [0.2, 0.25) is 0 Å². The highest BCUT2D eigenvalue weighted by Crippen LogP contribution is 2.29. The molecule has 0 aliphatic carbocycles. The van der Waals surface area contributed by atoms with Gasteiger partial charge in [0, 0.05) is 5.70 Å². The van der Waals surface area contributed by atoms with Crippen LogP contribution in [0.25, 0.3) is 6.08 Å². The number of hydrogen-bond donors (Lipinski definition) is 1. The van der Waals surface area contributed by atoms with Crippen molar-refractivity contribution in [2.24, 2.45) is 4.99 Å². The predicted molar refractivity (Wildman–Crippen MR) is 212 cm³/mol. The highest BCUT2D eigenvalue weighted by atomic mass is 32.2. The van der Waals surface area contributed by atoms with Gasteiger partial charge in [0.15, 0.2) is 5.17 Å². The van der Waals surface area contributed by atoms with Gasteiger partial charge in [-0.05, 0) is 72.4 Å². The molecule has 1 N–H and O–H groups in total. The molecule has 0 fully saturated rings. The number of ether oxygens (including phenoxy) is 1. The molecule has 4 aromatic carbocycles. The Kier molecular flexibility index (Phi) is 13.1. The van der Waals surface area contributed by atoms with Crippen LogP contribution in [-0.2, 0) is 27.4 Å². The van der Waals surface area contributed by atoms with Crippen molar-refractivity contribution >= 4 is 40.7 Å². The largest absolute Gasteiger partial charge is 0.489 e. The van der Waals surface area contributed by atoms with E-state index < -0.39 is 11.8 Å². The maximum absolute atomic E-state index is 14.2. The van der Waals surface area contributed by atoms with Gasteiger partial charge in [0.05, 0.1) is 11.8 Å². The number of thioether (sulfide) groups is 1. The summed E-state index contributed by atoms with van der Waals surface area (Å²) >= 11 is 1.02. The highest BCUT2D eigenvalue weighted by molar-refractivity contribution is 8.14. The second-order valence-electron chi connectivity index (χ2n) is 12.0. The standard InChI is InChI=1S/C44H41N3O4S/c1-5-8-20-37(7-3)47-43(50)38(28-33-25-26-39(36(27-33)15-6-2)51-29-32-23-21-31(4)22-24-32)42(49)46-44(47)52-30-40(48)45-41(34-16-11-9-12-17-34)35-18-13-10-14-19-35/h5-14,16-28,41H,1-2,15,29-30H2,3-4H3,(H,45,48)/b20-8-,37-7+,38-28+. The van der Waals surface area contributed by atoms with Crippen molar-refractivity contribution in [1.29, 1.82) is 0 Å². The van der Waals surface area contributed by atoms with E-state index in [0.717, 1.165) is 34.0 Å². The topological polar surface area (TPSA) is 88.1 Å². The fourth-order valence-electron chi connectivity index (χ4n) is 5.55. The Balaban J connectivity index is 1.40. The monoisotopic (exact) mass is 707 g/mol. The van der Waals surface area contributed by atoms with Crippen molar-refractivity contribution in [3.63, 3.8) is 0 Å². The first-order valence-corrected chi connectivity index (χ1v) is 17.9. The summed E-state index contributed by atoms with van der Waals surface area (Å²) < 4.78 is 6.15. The Hall–Kier alpha value is -5.99.